The minimum Gasteiger partial charge on any atom is -0.444 e. The number of halogens is 1. The molecule has 0 aliphatic heterocycles. The summed E-state index contributed by atoms with van der Waals surface area (Å²) < 4.78 is 6.42. The number of aryl methyl sites for hydroxylation is 1. The fourth-order valence-electron chi connectivity index (χ4n) is 1.28. The van der Waals surface area contributed by atoms with E-state index in [1.165, 1.54) is 0 Å². The molecule has 1 heterocycles. The first kappa shape index (κ1) is 15.5. The number of carbonyl (C=O) groups excluding carboxylic acids is 3. The summed E-state index contributed by atoms with van der Waals surface area (Å²) >= 11 is 1.62. The maximum absolute atomic E-state index is 11.7. The number of ether oxygens (including phenoxy) is 1. The molecule has 0 aliphatic rings. The lowest BCUT2D eigenvalue weighted by atomic mass is 10.3. The van der Waals surface area contributed by atoms with Gasteiger partial charge in [-0.15, -0.1) is 0 Å². The SMILES string of the molecule is C[n+]1cccc(C(=O)NCOC(=O)CCC(=O)I)c1. The van der Waals surface area contributed by atoms with Gasteiger partial charge < -0.3 is 10.1 Å². The van der Waals surface area contributed by atoms with Crippen molar-refractivity contribution < 1.29 is 23.7 Å². The van der Waals surface area contributed by atoms with Crippen LogP contribution in [0.1, 0.15) is 23.2 Å². The average molecular weight is 377 g/mol. The first-order valence-corrected chi connectivity index (χ1v) is 6.64. The summed E-state index contributed by atoms with van der Waals surface area (Å²) in [6.45, 7) is -0.203. The molecule has 1 aromatic heterocycles. The van der Waals surface area contributed by atoms with E-state index in [4.69, 9.17) is 4.74 Å². The molecule has 19 heavy (non-hydrogen) atoms. The van der Waals surface area contributed by atoms with E-state index in [0.717, 1.165) is 0 Å². The van der Waals surface area contributed by atoms with Crippen LogP contribution >= 0.6 is 22.6 Å². The summed E-state index contributed by atoms with van der Waals surface area (Å²) in [6.07, 6.45) is 3.63. The average Bonchev–Trinajstić information content (AvgIpc) is 2.36. The smallest absolute Gasteiger partial charge is 0.307 e. The molecule has 0 bridgehead atoms. The molecule has 1 N–H and O–H groups in total. The molecule has 0 aromatic carbocycles. The molecule has 0 radical (unpaired) electrons. The second-order valence-electron chi connectivity index (χ2n) is 3.78. The van der Waals surface area contributed by atoms with E-state index in [0.29, 0.717) is 5.56 Å². The first-order valence-electron chi connectivity index (χ1n) is 5.56. The zero-order valence-corrected chi connectivity index (χ0v) is 12.5. The van der Waals surface area contributed by atoms with Crippen LogP contribution in [0.4, 0.5) is 0 Å². The molecule has 0 unspecified atom stereocenters. The van der Waals surface area contributed by atoms with Gasteiger partial charge in [0.15, 0.2) is 22.9 Å². The number of carbonyl (C=O) groups is 3. The Bertz CT molecular complexity index is 490. The number of hydrogen-bond acceptors (Lipinski definition) is 4. The maximum Gasteiger partial charge on any atom is 0.307 e. The van der Waals surface area contributed by atoms with Crippen molar-refractivity contribution >= 4 is 38.3 Å². The van der Waals surface area contributed by atoms with E-state index >= 15 is 0 Å². The standard InChI is InChI=1S/C12H13IN2O4/c1-15-6-2-3-9(7-15)12(18)14-8-19-11(17)5-4-10(13)16/h2-3,6-7H,4-5,8H2,1H3/p+1. The van der Waals surface area contributed by atoms with Crippen molar-refractivity contribution in [1.29, 1.82) is 0 Å². The predicted octanol–water partition coefficient (Wildman–Crippen LogP) is 0.483. The molecule has 0 saturated carbocycles. The summed E-state index contributed by atoms with van der Waals surface area (Å²) in [6, 6.07) is 3.40. The predicted molar refractivity (Wildman–Crippen MR) is 74.3 cm³/mol. The molecule has 0 atom stereocenters. The van der Waals surface area contributed by atoms with E-state index in [1.807, 2.05) is 0 Å². The molecular weight excluding hydrogens is 363 g/mol. The van der Waals surface area contributed by atoms with Crippen LogP contribution in [-0.2, 0) is 21.4 Å². The van der Waals surface area contributed by atoms with E-state index in [2.05, 4.69) is 5.32 Å². The van der Waals surface area contributed by atoms with Crippen molar-refractivity contribution in [3.8, 4) is 0 Å². The molecule has 1 rings (SSSR count). The lowest BCUT2D eigenvalue weighted by Crippen LogP contribution is -2.32. The van der Waals surface area contributed by atoms with E-state index in [9.17, 15) is 14.4 Å². The molecule has 0 saturated heterocycles. The Balaban J connectivity index is 2.31. The Hall–Kier alpha value is -1.51. The highest BCUT2D eigenvalue weighted by atomic mass is 127. The van der Waals surface area contributed by atoms with Crippen LogP contribution in [0.5, 0.6) is 0 Å². The summed E-state index contributed by atoms with van der Waals surface area (Å²) in [7, 11) is 1.80. The molecular formula is C12H14IN2O4+. The molecule has 6 nitrogen and oxygen atoms in total. The molecule has 0 fully saturated rings. The van der Waals surface area contributed by atoms with Crippen LogP contribution in [0.15, 0.2) is 24.5 Å². The van der Waals surface area contributed by atoms with Crippen LogP contribution in [0, 0.1) is 0 Å². The van der Waals surface area contributed by atoms with E-state index in [1.54, 1.807) is 58.7 Å². The van der Waals surface area contributed by atoms with Gasteiger partial charge in [-0.05, 0) is 28.7 Å². The van der Waals surface area contributed by atoms with Gasteiger partial charge in [0, 0.05) is 12.5 Å². The minimum absolute atomic E-state index is 0.0257. The van der Waals surface area contributed by atoms with Gasteiger partial charge in [0.25, 0.3) is 5.91 Å². The molecule has 7 heteroatoms. The zero-order chi connectivity index (χ0) is 14.3. The van der Waals surface area contributed by atoms with Crippen molar-refractivity contribution in [3.63, 3.8) is 0 Å². The molecule has 1 aromatic rings. The number of rotatable bonds is 6. The van der Waals surface area contributed by atoms with Gasteiger partial charge in [0.2, 0.25) is 0 Å². The number of nitrogens with zero attached hydrogens (tertiary/aromatic N) is 1. The fourth-order valence-corrected chi connectivity index (χ4v) is 1.55. The normalized spacial score (nSPS) is 9.79. The van der Waals surface area contributed by atoms with Gasteiger partial charge in [0.1, 0.15) is 12.6 Å². The number of esters is 1. The van der Waals surface area contributed by atoms with Gasteiger partial charge >= 0.3 is 5.97 Å². The number of amides is 1. The largest absolute Gasteiger partial charge is 0.444 e. The Morgan fingerprint density at radius 2 is 2.11 bits per heavy atom. The summed E-state index contributed by atoms with van der Waals surface area (Å²) in [4.78, 5) is 33.5. The Kier molecular flexibility index (Phi) is 6.40. The van der Waals surface area contributed by atoms with Crippen LogP contribution in [0.25, 0.3) is 0 Å². The maximum atomic E-state index is 11.7. The quantitative estimate of drug-likeness (QED) is 0.257. The second-order valence-corrected chi connectivity index (χ2v) is 4.98. The van der Waals surface area contributed by atoms with E-state index < -0.39 is 5.97 Å². The van der Waals surface area contributed by atoms with Crippen molar-refractivity contribution in [1.82, 2.24) is 5.32 Å². The van der Waals surface area contributed by atoms with Gasteiger partial charge in [-0.3, -0.25) is 14.4 Å². The Labute approximate surface area is 124 Å². The lowest BCUT2D eigenvalue weighted by molar-refractivity contribution is -0.671. The Morgan fingerprint density at radius 3 is 2.74 bits per heavy atom. The van der Waals surface area contributed by atoms with Crippen molar-refractivity contribution in [2.45, 2.75) is 12.8 Å². The first-order chi connectivity index (χ1) is 8.99. The number of aromatic nitrogens is 1. The third kappa shape index (κ3) is 6.27. The highest BCUT2D eigenvalue weighted by Gasteiger charge is 2.10. The molecule has 0 aliphatic carbocycles. The monoisotopic (exact) mass is 377 g/mol. The van der Waals surface area contributed by atoms with Crippen molar-refractivity contribution in [3.05, 3.63) is 30.1 Å². The van der Waals surface area contributed by atoms with Crippen molar-refractivity contribution in [2.75, 3.05) is 6.73 Å². The third-order valence-corrected chi connectivity index (χ3v) is 2.73. The number of pyridine rings is 1. The number of nitrogens with one attached hydrogen (secondary N) is 1. The molecule has 102 valence electrons. The topological polar surface area (TPSA) is 76.3 Å². The van der Waals surface area contributed by atoms with Crippen LogP contribution < -0.4 is 9.88 Å². The second kappa shape index (κ2) is 7.82. The summed E-state index contributed by atoms with van der Waals surface area (Å²) in [5.74, 6) is -0.835. The van der Waals surface area contributed by atoms with Crippen molar-refractivity contribution in [2.24, 2.45) is 7.05 Å². The van der Waals surface area contributed by atoms with Crippen LogP contribution in [-0.4, -0.2) is 22.4 Å². The van der Waals surface area contributed by atoms with Gasteiger partial charge in [-0.1, -0.05) is 0 Å². The van der Waals surface area contributed by atoms with E-state index in [-0.39, 0.29) is 29.3 Å². The summed E-state index contributed by atoms with van der Waals surface area (Å²) in [5.41, 5.74) is 0.475. The molecule has 0 spiro atoms. The fraction of sp³-hybridized carbons (Fsp3) is 0.333. The van der Waals surface area contributed by atoms with Crippen LogP contribution in [0.3, 0.4) is 0 Å². The van der Waals surface area contributed by atoms with Gasteiger partial charge in [-0.2, -0.15) is 0 Å². The van der Waals surface area contributed by atoms with Crippen LogP contribution in [0.2, 0.25) is 0 Å². The Morgan fingerprint density at radius 1 is 1.37 bits per heavy atom. The van der Waals surface area contributed by atoms with Gasteiger partial charge in [0.05, 0.1) is 6.42 Å². The highest BCUT2D eigenvalue weighted by Crippen LogP contribution is 1.99. The number of hydrogen-bond donors (Lipinski definition) is 1. The van der Waals surface area contributed by atoms with Gasteiger partial charge in [-0.25, -0.2) is 4.57 Å². The molecule has 1 amide bonds. The summed E-state index contributed by atoms with van der Waals surface area (Å²) in [5, 5.41) is 2.46. The zero-order valence-electron chi connectivity index (χ0n) is 10.4. The minimum atomic E-state index is -0.510. The highest BCUT2D eigenvalue weighted by molar-refractivity contribution is 14.1. The lowest BCUT2D eigenvalue weighted by Gasteiger charge is -2.05. The third-order valence-electron chi connectivity index (χ3n) is 2.19.